The standard InChI is InChI=1S/C29H28N4O4/c1-29-27(36-4)18(30-2)12-21(37-29)32-19-8-6-5-7-15(19)23-24-17(13-31-28(24)34)22-16-10-9-14(35-3)11-20(16)33(29)26(22)25(23)32/h5-11,13,18,21,27,30-31,34H,12H2,1-4H3. The Morgan fingerprint density at radius 3 is 2.62 bits per heavy atom. The van der Waals surface area contributed by atoms with E-state index in [-0.39, 0.29) is 24.3 Å². The first-order valence-electron chi connectivity index (χ1n) is 12.7. The van der Waals surface area contributed by atoms with Gasteiger partial charge < -0.3 is 38.8 Å². The summed E-state index contributed by atoms with van der Waals surface area (Å²) in [6.45, 7) is 2.13. The minimum atomic E-state index is -0.823. The lowest BCUT2D eigenvalue weighted by Crippen LogP contribution is -2.59. The number of benzene rings is 3. The molecule has 4 unspecified atom stereocenters. The van der Waals surface area contributed by atoms with Crippen LogP contribution in [0.25, 0.3) is 54.4 Å². The van der Waals surface area contributed by atoms with Crippen LogP contribution >= 0.6 is 0 Å². The Balaban J connectivity index is 1.74. The van der Waals surface area contributed by atoms with Gasteiger partial charge in [0.25, 0.3) is 0 Å². The van der Waals surface area contributed by atoms with Gasteiger partial charge >= 0.3 is 0 Å². The number of nitrogens with zero attached hydrogens (tertiary/aromatic N) is 2. The van der Waals surface area contributed by atoms with Gasteiger partial charge in [-0.2, -0.15) is 0 Å². The zero-order valence-corrected chi connectivity index (χ0v) is 21.1. The highest BCUT2D eigenvalue weighted by Crippen LogP contribution is 2.54. The predicted octanol–water partition coefficient (Wildman–Crippen LogP) is 5.31. The van der Waals surface area contributed by atoms with E-state index in [1.54, 1.807) is 14.2 Å². The van der Waals surface area contributed by atoms with Crippen molar-refractivity contribution in [3.63, 3.8) is 0 Å². The average Bonchev–Trinajstić information content (AvgIpc) is 3.55. The second kappa shape index (κ2) is 6.98. The van der Waals surface area contributed by atoms with Crippen LogP contribution in [0.3, 0.4) is 0 Å². The topological polar surface area (TPSA) is 85.6 Å². The number of ether oxygens (including phenoxy) is 3. The molecule has 0 amide bonds. The van der Waals surface area contributed by atoms with Crippen molar-refractivity contribution in [2.75, 3.05) is 21.3 Å². The van der Waals surface area contributed by atoms with Crippen LogP contribution in [0.4, 0.5) is 0 Å². The summed E-state index contributed by atoms with van der Waals surface area (Å²) in [4.78, 5) is 3.11. The Labute approximate surface area is 212 Å². The Hall–Kier alpha value is -3.72. The Morgan fingerprint density at radius 2 is 1.84 bits per heavy atom. The van der Waals surface area contributed by atoms with E-state index < -0.39 is 5.72 Å². The zero-order chi connectivity index (χ0) is 25.2. The van der Waals surface area contributed by atoms with Crippen molar-refractivity contribution in [2.24, 2.45) is 0 Å². The molecule has 5 heterocycles. The predicted molar refractivity (Wildman–Crippen MR) is 145 cm³/mol. The Morgan fingerprint density at radius 1 is 1.03 bits per heavy atom. The van der Waals surface area contributed by atoms with Gasteiger partial charge in [-0.3, -0.25) is 0 Å². The fraction of sp³-hybridized carbons (Fsp3) is 0.310. The largest absolute Gasteiger partial charge is 0.497 e. The highest BCUT2D eigenvalue weighted by Gasteiger charge is 2.52. The third kappa shape index (κ3) is 2.35. The Bertz CT molecular complexity index is 1910. The fourth-order valence-electron chi connectivity index (χ4n) is 7.36. The highest BCUT2D eigenvalue weighted by molar-refractivity contribution is 6.37. The number of H-pyrrole nitrogens is 1. The maximum Gasteiger partial charge on any atom is 0.197 e. The fourth-order valence-corrected chi connectivity index (χ4v) is 7.36. The molecule has 6 aromatic rings. The smallest absolute Gasteiger partial charge is 0.197 e. The van der Waals surface area contributed by atoms with Crippen LogP contribution in [0.2, 0.25) is 0 Å². The van der Waals surface area contributed by atoms with Crippen molar-refractivity contribution in [3.8, 4) is 11.6 Å². The van der Waals surface area contributed by atoms with Crippen LogP contribution in [-0.2, 0) is 15.2 Å². The van der Waals surface area contributed by atoms with Gasteiger partial charge in [-0.1, -0.05) is 18.2 Å². The van der Waals surface area contributed by atoms with Crippen LogP contribution in [0, 0.1) is 0 Å². The zero-order valence-electron chi connectivity index (χ0n) is 21.1. The van der Waals surface area contributed by atoms with E-state index in [0.29, 0.717) is 0 Å². The summed E-state index contributed by atoms with van der Waals surface area (Å²) in [6.07, 6.45) is 2.17. The number of nitrogens with one attached hydrogen (secondary N) is 2. The van der Waals surface area contributed by atoms with Gasteiger partial charge in [0.1, 0.15) is 18.1 Å². The minimum absolute atomic E-state index is 0.0532. The molecule has 4 atom stereocenters. The van der Waals surface area contributed by atoms with Gasteiger partial charge in [-0.25, -0.2) is 0 Å². The third-order valence-electron chi connectivity index (χ3n) is 8.77. The van der Waals surface area contributed by atoms with E-state index >= 15 is 0 Å². The number of hydrogen-bond donors (Lipinski definition) is 3. The molecule has 8 nitrogen and oxygen atoms in total. The van der Waals surface area contributed by atoms with Gasteiger partial charge in [0.05, 0.1) is 34.6 Å². The second-order valence-electron chi connectivity index (χ2n) is 10.4. The molecule has 0 radical (unpaired) electrons. The number of likely N-dealkylation sites (N-methyl/N-ethyl adjacent to an activating group) is 1. The molecule has 8 rings (SSSR count). The Kier molecular flexibility index (Phi) is 4.03. The molecule has 8 heteroatoms. The summed E-state index contributed by atoms with van der Waals surface area (Å²) < 4.78 is 23.7. The first kappa shape index (κ1) is 21.4. The maximum atomic E-state index is 11.1. The van der Waals surface area contributed by atoms with Gasteiger partial charge in [0.2, 0.25) is 0 Å². The normalized spacial score (nSPS) is 25.2. The molecule has 2 aliphatic heterocycles. The lowest BCUT2D eigenvalue weighted by Gasteiger charge is -2.48. The molecule has 3 aromatic carbocycles. The number of rotatable bonds is 3. The monoisotopic (exact) mass is 496 g/mol. The van der Waals surface area contributed by atoms with Crippen molar-refractivity contribution >= 4 is 54.4 Å². The van der Waals surface area contributed by atoms with Crippen LogP contribution in [0.1, 0.15) is 19.6 Å². The summed E-state index contributed by atoms with van der Waals surface area (Å²) in [5, 5.41) is 20.7. The number of aromatic amines is 1. The van der Waals surface area contributed by atoms with Crippen LogP contribution in [-0.4, -0.2) is 52.6 Å². The molecule has 2 aliphatic rings. The van der Waals surface area contributed by atoms with Crippen LogP contribution in [0.15, 0.2) is 48.7 Å². The lowest BCUT2D eigenvalue weighted by atomic mass is 9.93. The number of methoxy groups -OCH3 is 2. The molecule has 0 spiro atoms. The molecule has 0 aliphatic carbocycles. The van der Waals surface area contributed by atoms with E-state index in [1.165, 1.54) is 0 Å². The van der Waals surface area contributed by atoms with E-state index in [1.807, 2.05) is 19.3 Å². The summed E-state index contributed by atoms with van der Waals surface area (Å²) >= 11 is 0. The minimum Gasteiger partial charge on any atom is -0.497 e. The lowest BCUT2D eigenvalue weighted by molar-refractivity contribution is -0.256. The molecular weight excluding hydrogens is 468 g/mol. The SMILES string of the molecule is CNC1CC2OC(C)(C1OC)n1c3cc(OC)ccc3c3c4c[nH]c(O)c4c4c5ccccc5n2c4c31. The molecule has 37 heavy (non-hydrogen) atoms. The summed E-state index contributed by atoms with van der Waals surface area (Å²) in [5.41, 5.74) is 3.40. The van der Waals surface area contributed by atoms with Crippen LogP contribution in [0.5, 0.6) is 11.6 Å². The molecule has 2 bridgehead atoms. The van der Waals surface area contributed by atoms with E-state index in [2.05, 4.69) is 62.8 Å². The third-order valence-corrected chi connectivity index (χ3v) is 8.77. The number of aromatic nitrogens is 3. The second-order valence-corrected chi connectivity index (χ2v) is 10.4. The summed E-state index contributed by atoms with van der Waals surface area (Å²) in [7, 11) is 5.44. The highest BCUT2D eigenvalue weighted by atomic mass is 16.6. The summed E-state index contributed by atoms with van der Waals surface area (Å²) in [6, 6.07) is 14.6. The molecule has 188 valence electrons. The molecule has 0 saturated carbocycles. The number of para-hydroxylation sites is 1. The van der Waals surface area contributed by atoms with Crippen LogP contribution < -0.4 is 10.1 Å². The first-order chi connectivity index (χ1) is 18.0. The van der Waals surface area contributed by atoms with Gasteiger partial charge in [0, 0.05) is 58.8 Å². The van der Waals surface area contributed by atoms with Gasteiger partial charge in [0.15, 0.2) is 11.6 Å². The molecule has 3 N–H and O–H groups in total. The number of aromatic hydroxyl groups is 1. The first-order valence-corrected chi connectivity index (χ1v) is 12.7. The quantitative estimate of drug-likeness (QED) is 0.309. The van der Waals surface area contributed by atoms with E-state index in [4.69, 9.17) is 14.2 Å². The van der Waals surface area contributed by atoms with E-state index in [9.17, 15) is 5.11 Å². The van der Waals surface area contributed by atoms with Crippen molar-refractivity contribution in [1.29, 1.82) is 0 Å². The average molecular weight is 497 g/mol. The van der Waals surface area contributed by atoms with Crippen molar-refractivity contribution in [3.05, 3.63) is 48.7 Å². The van der Waals surface area contributed by atoms with Crippen molar-refractivity contribution in [1.82, 2.24) is 19.4 Å². The number of fused-ring (bicyclic) bond motifs is 13. The number of hydrogen-bond acceptors (Lipinski definition) is 5. The molecule has 3 aromatic heterocycles. The molecule has 1 fully saturated rings. The van der Waals surface area contributed by atoms with Crippen molar-refractivity contribution < 1.29 is 19.3 Å². The maximum absolute atomic E-state index is 11.1. The van der Waals surface area contributed by atoms with Gasteiger partial charge in [-0.15, -0.1) is 0 Å². The summed E-state index contributed by atoms with van der Waals surface area (Å²) in [5.74, 6) is 0.951. The molecule has 1 saturated heterocycles. The van der Waals surface area contributed by atoms with E-state index in [0.717, 1.165) is 66.6 Å². The van der Waals surface area contributed by atoms with Crippen molar-refractivity contribution in [2.45, 2.75) is 37.4 Å². The molecular formula is C29H28N4O4. The van der Waals surface area contributed by atoms with Gasteiger partial charge in [-0.05, 0) is 32.2 Å².